The van der Waals surface area contributed by atoms with Crippen LogP contribution in [0.5, 0.6) is 11.5 Å². The minimum atomic E-state index is -0.594. The van der Waals surface area contributed by atoms with Crippen molar-refractivity contribution >= 4 is 40.3 Å². The summed E-state index contributed by atoms with van der Waals surface area (Å²) in [6.45, 7) is 0. The molecule has 0 saturated carbocycles. The highest BCUT2D eigenvalue weighted by Crippen LogP contribution is 2.31. The third-order valence-corrected chi connectivity index (χ3v) is 2.89. The van der Waals surface area contributed by atoms with Crippen LogP contribution in [0, 0.1) is 15.9 Å². The second kappa shape index (κ2) is 6.54. The van der Waals surface area contributed by atoms with Crippen molar-refractivity contribution in [2.45, 2.75) is 0 Å². The molecule has 22 heavy (non-hydrogen) atoms. The van der Waals surface area contributed by atoms with Gasteiger partial charge in [0.2, 0.25) is 0 Å². The second-order valence-corrected chi connectivity index (χ2v) is 4.99. The number of halogens is 2. The van der Waals surface area contributed by atoms with Gasteiger partial charge in [-0.25, -0.2) is 4.39 Å². The molecule has 0 unspecified atom stereocenters. The third kappa shape index (κ3) is 4.03. The van der Waals surface area contributed by atoms with Crippen LogP contribution in [0.25, 0.3) is 0 Å². The predicted molar refractivity (Wildman–Crippen MR) is 85.0 cm³/mol. The summed E-state index contributed by atoms with van der Waals surface area (Å²) in [6.07, 6.45) is 0. The molecule has 0 aliphatic heterocycles. The zero-order valence-corrected chi connectivity index (χ0v) is 12.5. The zero-order chi connectivity index (χ0) is 16.3. The molecule has 6 nitrogen and oxygen atoms in total. The van der Waals surface area contributed by atoms with Crippen LogP contribution in [-0.4, -0.2) is 10.0 Å². The van der Waals surface area contributed by atoms with E-state index in [-0.39, 0.29) is 27.3 Å². The van der Waals surface area contributed by atoms with Gasteiger partial charge in [-0.1, -0.05) is 11.6 Å². The maximum atomic E-state index is 13.1. The van der Waals surface area contributed by atoms with E-state index in [4.69, 9.17) is 22.1 Å². The number of hydrogen-bond acceptors (Lipinski definition) is 4. The first-order valence-electron chi connectivity index (χ1n) is 5.84. The van der Waals surface area contributed by atoms with Crippen LogP contribution in [0.1, 0.15) is 0 Å². The van der Waals surface area contributed by atoms with E-state index in [1.807, 2.05) is 0 Å². The minimum Gasteiger partial charge on any atom is -0.457 e. The molecule has 2 aromatic carbocycles. The molecule has 2 aromatic rings. The van der Waals surface area contributed by atoms with E-state index in [2.05, 4.69) is 17.5 Å². The summed E-state index contributed by atoms with van der Waals surface area (Å²) in [7, 11) is 0. The van der Waals surface area contributed by atoms with Crippen LogP contribution >= 0.6 is 23.8 Å². The fourth-order valence-electron chi connectivity index (χ4n) is 1.64. The van der Waals surface area contributed by atoms with E-state index >= 15 is 0 Å². The van der Waals surface area contributed by atoms with Crippen molar-refractivity contribution in [2.24, 2.45) is 5.73 Å². The maximum absolute atomic E-state index is 13.1. The van der Waals surface area contributed by atoms with Gasteiger partial charge in [0.05, 0.1) is 21.7 Å². The summed E-state index contributed by atoms with van der Waals surface area (Å²) < 4.78 is 18.5. The number of anilines is 1. The SMILES string of the molecule is NC(=S)Nc1cc(Oc2ccc(F)c(Cl)c2)cc([N+](=O)[O-])c1. The van der Waals surface area contributed by atoms with Crippen molar-refractivity contribution in [1.29, 1.82) is 0 Å². The number of nitrogens with two attached hydrogens (primary N) is 1. The van der Waals surface area contributed by atoms with Crippen LogP contribution in [0.15, 0.2) is 36.4 Å². The first-order chi connectivity index (χ1) is 10.3. The van der Waals surface area contributed by atoms with Gasteiger partial charge in [-0.2, -0.15) is 0 Å². The van der Waals surface area contributed by atoms with Crippen molar-refractivity contribution in [3.8, 4) is 11.5 Å². The molecule has 0 bridgehead atoms. The smallest absolute Gasteiger partial charge is 0.275 e. The molecule has 0 atom stereocenters. The van der Waals surface area contributed by atoms with E-state index in [9.17, 15) is 14.5 Å². The summed E-state index contributed by atoms with van der Waals surface area (Å²) in [5, 5.41) is 13.3. The van der Waals surface area contributed by atoms with Gasteiger partial charge in [-0.05, 0) is 24.4 Å². The largest absolute Gasteiger partial charge is 0.457 e. The van der Waals surface area contributed by atoms with Gasteiger partial charge in [-0.15, -0.1) is 0 Å². The Labute approximate surface area is 134 Å². The second-order valence-electron chi connectivity index (χ2n) is 4.14. The highest BCUT2D eigenvalue weighted by Gasteiger charge is 2.12. The Morgan fingerprint density at radius 3 is 2.64 bits per heavy atom. The van der Waals surface area contributed by atoms with Crippen LogP contribution < -0.4 is 15.8 Å². The van der Waals surface area contributed by atoms with E-state index in [0.29, 0.717) is 5.69 Å². The lowest BCUT2D eigenvalue weighted by Crippen LogP contribution is -2.18. The summed E-state index contributed by atoms with van der Waals surface area (Å²) in [6, 6.07) is 7.66. The maximum Gasteiger partial charge on any atom is 0.275 e. The molecule has 0 fully saturated rings. The molecule has 2 rings (SSSR count). The number of nitrogens with zero attached hydrogens (tertiary/aromatic N) is 1. The molecular formula is C13H9ClFN3O3S. The van der Waals surface area contributed by atoms with Gasteiger partial charge < -0.3 is 15.8 Å². The molecule has 0 saturated heterocycles. The van der Waals surface area contributed by atoms with Crippen molar-refractivity contribution in [3.05, 3.63) is 57.4 Å². The lowest BCUT2D eigenvalue weighted by Gasteiger charge is -2.09. The molecule has 114 valence electrons. The molecule has 0 aliphatic carbocycles. The van der Waals surface area contributed by atoms with E-state index in [1.165, 1.54) is 30.3 Å². The lowest BCUT2D eigenvalue weighted by molar-refractivity contribution is -0.384. The van der Waals surface area contributed by atoms with Gasteiger partial charge in [0.25, 0.3) is 5.69 Å². The fourth-order valence-corrected chi connectivity index (χ4v) is 1.93. The van der Waals surface area contributed by atoms with Crippen molar-refractivity contribution < 1.29 is 14.1 Å². The number of thiocarbonyl (C=S) groups is 1. The summed E-state index contributed by atoms with van der Waals surface area (Å²) in [5.74, 6) is -0.215. The van der Waals surface area contributed by atoms with E-state index < -0.39 is 10.7 Å². The third-order valence-electron chi connectivity index (χ3n) is 2.50. The number of non-ortho nitro benzene ring substituents is 1. The van der Waals surface area contributed by atoms with E-state index in [1.54, 1.807) is 0 Å². The quantitative estimate of drug-likeness (QED) is 0.499. The molecule has 0 radical (unpaired) electrons. The summed E-state index contributed by atoms with van der Waals surface area (Å²) in [4.78, 5) is 10.3. The molecule has 0 aromatic heterocycles. The molecule has 0 amide bonds. The van der Waals surface area contributed by atoms with Crippen molar-refractivity contribution in [1.82, 2.24) is 0 Å². The average Bonchev–Trinajstić information content (AvgIpc) is 2.42. The normalized spacial score (nSPS) is 10.1. The van der Waals surface area contributed by atoms with Gasteiger partial charge in [0.1, 0.15) is 17.3 Å². The van der Waals surface area contributed by atoms with Crippen LogP contribution in [-0.2, 0) is 0 Å². The van der Waals surface area contributed by atoms with Crippen LogP contribution in [0.3, 0.4) is 0 Å². The number of nitro benzene ring substituents is 1. The number of nitrogens with one attached hydrogen (secondary N) is 1. The van der Waals surface area contributed by atoms with Crippen molar-refractivity contribution in [3.63, 3.8) is 0 Å². The Kier molecular flexibility index (Phi) is 4.74. The number of rotatable bonds is 4. The van der Waals surface area contributed by atoms with Crippen LogP contribution in [0.2, 0.25) is 5.02 Å². The predicted octanol–water partition coefficient (Wildman–Crippen LogP) is 3.84. The molecule has 0 spiro atoms. The molecule has 3 N–H and O–H groups in total. The number of hydrogen-bond donors (Lipinski definition) is 2. The molecule has 0 aliphatic rings. The first kappa shape index (κ1) is 15.9. The average molecular weight is 342 g/mol. The van der Waals surface area contributed by atoms with Gasteiger partial charge >= 0.3 is 0 Å². The molecule has 9 heteroatoms. The van der Waals surface area contributed by atoms with Crippen LogP contribution in [0.4, 0.5) is 15.8 Å². The van der Waals surface area contributed by atoms with Gasteiger partial charge in [0, 0.05) is 18.2 Å². The summed E-state index contributed by atoms with van der Waals surface area (Å²) in [5.41, 5.74) is 5.42. The van der Waals surface area contributed by atoms with Gasteiger partial charge in [-0.3, -0.25) is 10.1 Å². The summed E-state index contributed by atoms with van der Waals surface area (Å²) >= 11 is 10.3. The first-order valence-corrected chi connectivity index (χ1v) is 6.62. The standard InChI is InChI=1S/C13H9ClFN3O3S/c14-11-6-9(1-2-12(11)15)21-10-4-7(17-13(16)22)3-8(5-10)18(19)20/h1-6H,(H3,16,17,22). The van der Waals surface area contributed by atoms with Crippen molar-refractivity contribution in [2.75, 3.05) is 5.32 Å². The number of nitro groups is 1. The molecular weight excluding hydrogens is 333 g/mol. The number of ether oxygens (including phenoxy) is 1. The minimum absolute atomic E-state index is 0.0451. The fraction of sp³-hybridized carbons (Fsp3) is 0. The number of benzene rings is 2. The Morgan fingerprint density at radius 2 is 2.05 bits per heavy atom. The highest BCUT2D eigenvalue weighted by molar-refractivity contribution is 7.80. The molecule has 0 heterocycles. The highest BCUT2D eigenvalue weighted by atomic mass is 35.5. The Balaban J connectivity index is 2.36. The zero-order valence-electron chi connectivity index (χ0n) is 10.9. The monoisotopic (exact) mass is 341 g/mol. The Bertz CT molecular complexity index is 757. The Hall–Kier alpha value is -2.45. The lowest BCUT2D eigenvalue weighted by atomic mass is 10.2. The topological polar surface area (TPSA) is 90.4 Å². The Morgan fingerprint density at radius 1 is 1.32 bits per heavy atom. The van der Waals surface area contributed by atoms with Gasteiger partial charge in [0.15, 0.2) is 5.11 Å². The van der Waals surface area contributed by atoms with E-state index in [0.717, 1.165) is 6.07 Å².